The number of aliphatic hydroxyl groups is 1. The minimum Gasteiger partial charge on any atom is -0.497 e. The predicted molar refractivity (Wildman–Crippen MR) is 146 cm³/mol. The van der Waals surface area contributed by atoms with Gasteiger partial charge < -0.3 is 29.4 Å². The number of sulfonamides is 1. The van der Waals surface area contributed by atoms with Gasteiger partial charge in [-0.05, 0) is 55.0 Å². The summed E-state index contributed by atoms with van der Waals surface area (Å²) in [6.45, 7) is 4.66. The number of amides is 1. The van der Waals surface area contributed by atoms with E-state index in [9.17, 15) is 18.3 Å². The molecule has 2 aromatic carbocycles. The van der Waals surface area contributed by atoms with Crippen molar-refractivity contribution >= 4 is 16.1 Å². The fourth-order valence-corrected chi connectivity index (χ4v) is 5.91. The molecule has 1 saturated heterocycles. The standard InChI is InChI=1S/C28H40N2O8S/c1-21(2)17-30(39(33,34)25-13-11-23(35-3)12-14-25)18-27(31)26(16-22-8-5-4-6-9-22)29-28(32)38-24-10-7-15-36-20-37-19-24/h4-6,8-9,11-14,21,24,26-27,31H,7,10,15-20H2,1-3H3,(H,29,32)/t24-,26-,27+/m0/s1. The van der Waals surface area contributed by atoms with Gasteiger partial charge in [0.2, 0.25) is 10.0 Å². The summed E-state index contributed by atoms with van der Waals surface area (Å²) in [5, 5.41) is 14.1. The Morgan fingerprint density at radius 1 is 1.10 bits per heavy atom. The molecule has 1 amide bonds. The highest BCUT2D eigenvalue weighted by Crippen LogP contribution is 2.22. The molecule has 0 aliphatic carbocycles. The Morgan fingerprint density at radius 3 is 2.49 bits per heavy atom. The van der Waals surface area contributed by atoms with Crippen molar-refractivity contribution in [1.82, 2.24) is 9.62 Å². The van der Waals surface area contributed by atoms with E-state index in [2.05, 4.69) is 5.32 Å². The van der Waals surface area contributed by atoms with E-state index in [1.165, 1.54) is 23.5 Å². The highest BCUT2D eigenvalue weighted by molar-refractivity contribution is 7.89. The van der Waals surface area contributed by atoms with Gasteiger partial charge in [0.1, 0.15) is 18.6 Å². The number of nitrogens with zero attached hydrogens (tertiary/aromatic N) is 1. The molecule has 1 aliphatic heterocycles. The lowest BCUT2D eigenvalue weighted by Gasteiger charge is -2.31. The maximum absolute atomic E-state index is 13.6. The van der Waals surface area contributed by atoms with E-state index in [1.807, 2.05) is 44.2 Å². The number of alkyl carbamates (subject to hydrolysis) is 1. The van der Waals surface area contributed by atoms with Gasteiger partial charge in [0.05, 0.1) is 30.8 Å². The van der Waals surface area contributed by atoms with Crippen LogP contribution in [0.25, 0.3) is 0 Å². The summed E-state index contributed by atoms with van der Waals surface area (Å²) in [6, 6.07) is 14.7. The fraction of sp³-hybridized carbons (Fsp3) is 0.536. The van der Waals surface area contributed by atoms with Crippen LogP contribution in [0.3, 0.4) is 0 Å². The van der Waals surface area contributed by atoms with E-state index in [0.717, 1.165) is 12.0 Å². The molecule has 1 fully saturated rings. The van der Waals surface area contributed by atoms with Gasteiger partial charge in [0, 0.05) is 19.7 Å². The number of benzene rings is 2. The molecule has 0 radical (unpaired) electrons. The second-order valence-electron chi connectivity index (χ2n) is 9.97. The van der Waals surface area contributed by atoms with Gasteiger partial charge >= 0.3 is 6.09 Å². The van der Waals surface area contributed by atoms with Gasteiger partial charge in [0.15, 0.2) is 0 Å². The lowest BCUT2D eigenvalue weighted by molar-refractivity contribution is -0.0990. The molecule has 216 valence electrons. The summed E-state index contributed by atoms with van der Waals surface area (Å²) >= 11 is 0. The zero-order chi connectivity index (χ0) is 28.3. The van der Waals surface area contributed by atoms with Crippen molar-refractivity contribution in [1.29, 1.82) is 0 Å². The number of carbonyl (C=O) groups excluding carboxylic acids is 1. The lowest BCUT2D eigenvalue weighted by atomic mass is 10.0. The van der Waals surface area contributed by atoms with Crippen molar-refractivity contribution in [2.75, 3.05) is 40.2 Å². The number of rotatable bonds is 12. The van der Waals surface area contributed by atoms with E-state index >= 15 is 0 Å². The normalized spacial score (nSPS) is 18.2. The molecule has 1 aliphatic rings. The van der Waals surface area contributed by atoms with Crippen LogP contribution in [-0.4, -0.2) is 82.4 Å². The summed E-state index contributed by atoms with van der Waals surface area (Å²) in [4.78, 5) is 13.0. The van der Waals surface area contributed by atoms with Crippen LogP contribution in [0.15, 0.2) is 59.5 Å². The molecule has 2 N–H and O–H groups in total. The van der Waals surface area contributed by atoms with Crippen molar-refractivity contribution in [3.63, 3.8) is 0 Å². The van der Waals surface area contributed by atoms with E-state index in [1.54, 1.807) is 12.1 Å². The largest absolute Gasteiger partial charge is 0.497 e. The van der Waals surface area contributed by atoms with Crippen LogP contribution in [-0.2, 0) is 30.7 Å². The van der Waals surface area contributed by atoms with Gasteiger partial charge in [-0.1, -0.05) is 44.2 Å². The quantitative estimate of drug-likeness (QED) is 0.403. The van der Waals surface area contributed by atoms with Crippen LogP contribution >= 0.6 is 0 Å². The molecule has 0 bridgehead atoms. The minimum absolute atomic E-state index is 0.000909. The Hall–Kier alpha value is -2.70. The first-order valence-electron chi connectivity index (χ1n) is 13.2. The van der Waals surface area contributed by atoms with Crippen LogP contribution < -0.4 is 10.1 Å². The second kappa shape index (κ2) is 15.2. The smallest absolute Gasteiger partial charge is 0.407 e. The maximum atomic E-state index is 13.6. The van der Waals surface area contributed by atoms with Crippen LogP contribution in [0, 0.1) is 5.92 Å². The second-order valence-corrected chi connectivity index (χ2v) is 11.9. The van der Waals surface area contributed by atoms with E-state index in [4.69, 9.17) is 18.9 Å². The highest BCUT2D eigenvalue weighted by Gasteiger charge is 2.32. The summed E-state index contributed by atoms with van der Waals surface area (Å²) in [7, 11) is -2.43. The zero-order valence-corrected chi connectivity index (χ0v) is 23.6. The maximum Gasteiger partial charge on any atom is 0.407 e. The molecule has 11 heteroatoms. The van der Waals surface area contributed by atoms with Crippen LogP contribution in [0.2, 0.25) is 0 Å². The van der Waals surface area contributed by atoms with Crippen molar-refractivity contribution in [2.24, 2.45) is 5.92 Å². The number of hydrogen-bond donors (Lipinski definition) is 2. The topological polar surface area (TPSA) is 124 Å². The summed E-state index contributed by atoms with van der Waals surface area (Å²) in [5.41, 5.74) is 0.877. The number of nitrogens with one attached hydrogen (secondary N) is 1. The van der Waals surface area contributed by atoms with Crippen LogP contribution in [0.5, 0.6) is 5.75 Å². The number of ether oxygens (including phenoxy) is 4. The van der Waals surface area contributed by atoms with Gasteiger partial charge in [-0.15, -0.1) is 0 Å². The van der Waals surface area contributed by atoms with Crippen molar-refractivity contribution < 1.29 is 37.3 Å². The van der Waals surface area contributed by atoms with Gasteiger partial charge in [0.25, 0.3) is 0 Å². The molecule has 10 nitrogen and oxygen atoms in total. The summed E-state index contributed by atoms with van der Waals surface area (Å²) in [5.74, 6) is 0.538. The Morgan fingerprint density at radius 2 is 1.82 bits per heavy atom. The van der Waals surface area contributed by atoms with E-state index in [0.29, 0.717) is 18.8 Å². The Bertz CT molecular complexity index is 1100. The first-order valence-corrected chi connectivity index (χ1v) is 14.6. The highest BCUT2D eigenvalue weighted by atomic mass is 32.2. The third-order valence-corrected chi connectivity index (χ3v) is 8.13. The first kappa shape index (κ1) is 30.8. The number of methoxy groups -OCH3 is 1. The van der Waals surface area contributed by atoms with Crippen LogP contribution in [0.4, 0.5) is 4.79 Å². The molecule has 3 rings (SSSR count). The Kier molecular flexibility index (Phi) is 12.0. The molecule has 0 saturated carbocycles. The summed E-state index contributed by atoms with van der Waals surface area (Å²) < 4.78 is 49.7. The molecule has 0 aromatic heterocycles. The van der Waals surface area contributed by atoms with E-state index in [-0.39, 0.29) is 43.7 Å². The predicted octanol–water partition coefficient (Wildman–Crippen LogP) is 3.19. The third-order valence-electron chi connectivity index (χ3n) is 6.28. The van der Waals surface area contributed by atoms with Crippen LogP contribution in [0.1, 0.15) is 32.3 Å². The number of hydrogen-bond acceptors (Lipinski definition) is 8. The molecule has 0 spiro atoms. The monoisotopic (exact) mass is 564 g/mol. The Balaban J connectivity index is 1.78. The molecular formula is C28H40N2O8S. The lowest BCUT2D eigenvalue weighted by Crippen LogP contribution is -2.51. The minimum atomic E-state index is -3.94. The van der Waals surface area contributed by atoms with Gasteiger partial charge in [-0.2, -0.15) is 4.31 Å². The van der Waals surface area contributed by atoms with Gasteiger partial charge in [-0.3, -0.25) is 0 Å². The van der Waals surface area contributed by atoms with Crippen molar-refractivity contribution in [3.05, 3.63) is 60.2 Å². The molecule has 1 heterocycles. The molecule has 3 atom stereocenters. The summed E-state index contributed by atoms with van der Waals surface area (Å²) in [6.07, 6.45) is -0.766. The number of carbonyl (C=O) groups is 1. The average Bonchev–Trinajstić information content (AvgIpc) is 2.89. The fourth-order valence-electron chi connectivity index (χ4n) is 4.29. The molecular weight excluding hydrogens is 524 g/mol. The SMILES string of the molecule is COc1ccc(S(=O)(=O)N(CC(C)C)C[C@@H](O)[C@H](Cc2ccccc2)NC(=O)O[C@H]2CCCOCOC2)cc1. The van der Waals surface area contributed by atoms with Crippen molar-refractivity contribution in [2.45, 2.75) is 56.3 Å². The zero-order valence-electron chi connectivity index (χ0n) is 22.8. The number of aliphatic hydroxyl groups excluding tert-OH is 1. The third kappa shape index (κ3) is 9.77. The van der Waals surface area contributed by atoms with Crippen molar-refractivity contribution in [3.8, 4) is 5.75 Å². The molecule has 2 aromatic rings. The Labute approximate surface area is 231 Å². The molecule has 39 heavy (non-hydrogen) atoms. The molecule has 0 unspecified atom stereocenters. The van der Waals surface area contributed by atoms with Gasteiger partial charge in [-0.25, -0.2) is 13.2 Å². The average molecular weight is 565 g/mol. The first-order chi connectivity index (χ1) is 18.7. The van der Waals surface area contributed by atoms with E-state index < -0.39 is 34.4 Å².